The summed E-state index contributed by atoms with van der Waals surface area (Å²) in [6.07, 6.45) is 53.0. The molecule has 79 heavy (non-hydrogen) atoms. The largest absolute Gasteiger partial charge is 0.472 e. The molecule has 0 aromatic rings. The molecule has 460 valence electrons. The third kappa shape index (κ3) is 56.9. The first-order valence-electron chi connectivity index (χ1n) is 30.6. The Morgan fingerprint density at radius 2 is 0.671 bits per heavy atom. The molecule has 0 rings (SSSR count). The highest BCUT2D eigenvalue weighted by Crippen LogP contribution is 2.45. The van der Waals surface area contributed by atoms with Crippen LogP contribution in [0.5, 0.6) is 0 Å². The van der Waals surface area contributed by atoms with Gasteiger partial charge in [0.25, 0.3) is 0 Å². The molecule has 18 heteroatoms. The van der Waals surface area contributed by atoms with Gasteiger partial charge in [-0.3, -0.25) is 32.5 Å². The fourth-order valence-electron chi connectivity index (χ4n) is 8.07. The molecule has 0 aromatic heterocycles. The number of phosphoric acid groups is 2. The van der Waals surface area contributed by atoms with Crippen LogP contribution in [0.3, 0.4) is 0 Å². The van der Waals surface area contributed by atoms with Gasteiger partial charge >= 0.3 is 33.6 Å². The van der Waals surface area contributed by atoms with Crippen molar-refractivity contribution in [3.05, 3.63) is 60.8 Å². The Kier molecular flexibility index (Phi) is 53.8. The molecule has 0 aliphatic heterocycles. The van der Waals surface area contributed by atoms with Crippen LogP contribution in [0.1, 0.15) is 252 Å². The van der Waals surface area contributed by atoms with E-state index < -0.39 is 91.5 Å². The second-order valence-electron chi connectivity index (χ2n) is 20.5. The van der Waals surface area contributed by atoms with Gasteiger partial charge in [0.05, 0.1) is 26.4 Å². The summed E-state index contributed by atoms with van der Waals surface area (Å²) in [4.78, 5) is 58.0. The van der Waals surface area contributed by atoms with Gasteiger partial charge in [-0.15, -0.1) is 0 Å². The third-order valence-electron chi connectivity index (χ3n) is 12.8. The van der Waals surface area contributed by atoms with E-state index in [1.807, 2.05) is 0 Å². The van der Waals surface area contributed by atoms with Gasteiger partial charge in [0, 0.05) is 19.3 Å². The number of rotatable bonds is 58. The number of carbonyl (C=O) groups is 3. The van der Waals surface area contributed by atoms with Crippen molar-refractivity contribution in [1.82, 2.24) is 0 Å². The van der Waals surface area contributed by atoms with Gasteiger partial charge in [0.2, 0.25) is 0 Å². The summed E-state index contributed by atoms with van der Waals surface area (Å²) in [6, 6.07) is 0. The van der Waals surface area contributed by atoms with Crippen LogP contribution in [0.4, 0.5) is 0 Å². The second kappa shape index (κ2) is 55.8. The van der Waals surface area contributed by atoms with E-state index in [0.29, 0.717) is 19.3 Å². The zero-order chi connectivity index (χ0) is 58.2. The predicted molar refractivity (Wildman–Crippen MR) is 316 cm³/mol. The predicted octanol–water partition coefficient (Wildman–Crippen LogP) is 15.9. The fraction of sp³-hybridized carbons (Fsp3) is 0.787. The van der Waals surface area contributed by atoms with Crippen molar-refractivity contribution in [1.29, 1.82) is 0 Å². The lowest BCUT2D eigenvalue weighted by Gasteiger charge is -2.21. The highest BCUT2D eigenvalue weighted by atomic mass is 31.2. The molecule has 0 spiro atoms. The minimum Gasteiger partial charge on any atom is -0.463 e. The maximum atomic E-state index is 12.8. The third-order valence-corrected chi connectivity index (χ3v) is 14.7. The molecule has 0 radical (unpaired) electrons. The smallest absolute Gasteiger partial charge is 0.463 e. The van der Waals surface area contributed by atoms with E-state index in [1.165, 1.54) is 83.5 Å². The fourth-order valence-corrected chi connectivity index (χ4v) is 9.65. The topological polar surface area (TPSA) is 231 Å². The molecule has 0 aliphatic carbocycles. The number of hydrogen-bond donors (Lipinski definition) is 4. The lowest BCUT2D eigenvalue weighted by molar-refractivity contribution is -0.161. The van der Waals surface area contributed by atoms with Crippen molar-refractivity contribution in [2.75, 3.05) is 39.6 Å². The number of carbonyl (C=O) groups excluding carboxylic acids is 3. The summed E-state index contributed by atoms with van der Waals surface area (Å²) < 4.78 is 60.5. The monoisotopic (exact) mass is 1160 g/mol. The molecule has 0 aliphatic rings. The van der Waals surface area contributed by atoms with E-state index in [-0.39, 0.29) is 19.3 Å². The molecule has 0 saturated carbocycles. The van der Waals surface area contributed by atoms with E-state index in [1.54, 1.807) is 0 Å². The van der Waals surface area contributed by atoms with Gasteiger partial charge in [-0.25, -0.2) is 9.13 Å². The number of unbranched alkanes of at least 4 members (excludes halogenated alkanes) is 25. The zero-order valence-corrected chi connectivity index (χ0v) is 51.1. The van der Waals surface area contributed by atoms with Crippen LogP contribution in [-0.2, 0) is 55.8 Å². The lowest BCUT2D eigenvalue weighted by Crippen LogP contribution is -2.30. The van der Waals surface area contributed by atoms with Crippen molar-refractivity contribution in [2.45, 2.75) is 270 Å². The summed E-state index contributed by atoms with van der Waals surface area (Å²) in [5.74, 6) is -1.58. The molecule has 0 aromatic carbocycles. The van der Waals surface area contributed by atoms with E-state index in [0.717, 1.165) is 109 Å². The minimum atomic E-state index is -4.90. The quantitative estimate of drug-likeness (QED) is 0.0146. The number of ether oxygens (including phenoxy) is 3. The standard InChI is InChI=1S/C61H110O16P2/c1-4-7-10-13-16-19-22-23-24-25-26-27-28-29-30-31-34-36-38-41-44-47-59(64)71-50-56(62)51-73-78(67,68)74-52-57(63)53-75-79(69,70)76-55-58(77-61(66)49-46-43-40-37-33-21-18-15-12-9-6-3)54-72-60(65)48-45-42-39-35-32-20-17-14-11-8-5-2/h7,10,16,19,23-24,26-27,29-30,56-58,62-63H,4-6,8-9,11-15,17-18,20-22,25,28,31-55H2,1-3H3,(H,67,68)(H,69,70)/b10-7-,19-16-,24-23-,27-26-,30-29-. The Bertz CT molecular complexity index is 1700. The van der Waals surface area contributed by atoms with Gasteiger partial charge in [0.15, 0.2) is 6.10 Å². The van der Waals surface area contributed by atoms with Crippen LogP contribution in [0.2, 0.25) is 0 Å². The number of allylic oxidation sites excluding steroid dienone is 10. The first-order chi connectivity index (χ1) is 38.2. The highest BCUT2D eigenvalue weighted by molar-refractivity contribution is 7.47. The van der Waals surface area contributed by atoms with Crippen molar-refractivity contribution in [3.8, 4) is 0 Å². The van der Waals surface area contributed by atoms with E-state index in [9.17, 15) is 43.5 Å². The van der Waals surface area contributed by atoms with Gasteiger partial charge in [0.1, 0.15) is 25.4 Å². The highest BCUT2D eigenvalue weighted by Gasteiger charge is 2.29. The summed E-state index contributed by atoms with van der Waals surface area (Å²) >= 11 is 0. The molecule has 0 fully saturated rings. The van der Waals surface area contributed by atoms with Crippen LogP contribution < -0.4 is 0 Å². The van der Waals surface area contributed by atoms with E-state index >= 15 is 0 Å². The molecule has 5 unspecified atom stereocenters. The molecule has 5 atom stereocenters. The second-order valence-corrected chi connectivity index (χ2v) is 23.4. The molecule has 4 N–H and O–H groups in total. The Hall–Kier alpha value is -2.75. The number of aliphatic hydroxyl groups excluding tert-OH is 2. The maximum absolute atomic E-state index is 12.8. The molecular formula is C61H110O16P2. The molecule has 16 nitrogen and oxygen atoms in total. The number of hydrogen-bond acceptors (Lipinski definition) is 14. The number of aliphatic hydroxyl groups is 2. The van der Waals surface area contributed by atoms with E-state index in [4.69, 9.17) is 32.3 Å². The van der Waals surface area contributed by atoms with Crippen LogP contribution >= 0.6 is 15.6 Å². The van der Waals surface area contributed by atoms with Crippen LogP contribution in [0.25, 0.3) is 0 Å². The van der Waals surface area contributed by atoms with Crippen LogP contribution in [0.15, 0.2) is 60.8 Å². The normalized spacial score (nSPS) is 14.9. The summed E-state index contributed by atoms with van der Waals surface area (Å²) in [6.45, 7) is 2.51. The Labute approximate surface area is 478 Å². The first kappa shape index (κ1) is 76.2. The average Bonchev–Trinajstić information content (AvgIpc) is 3.42. The molecule has 0 heterocycles. The molecule has 0 bridgehead atoms. The average molecular weight is 1160 g/mol. The molecule has 0 saturated heterocycles. The Morgan fingerprint density at radius 1 is 0.367 bits per heavy atom. The van der Waals surface area contributed by atoms with Crippen LogP contribution in [0, 0.1) is 0 Å². The van der Waals surface area contributed by atoms with Crippen molar-refractivity contribution in [3.63, 3.8) is 0 Å². The Morgan fingerprint density at radius 3 is 1.06 bits per heavy atom. The first-order valence-corrected chi connectivity index (χ1v) is 33.6. The number of esters is 3. The minimum absolute atomic E-state index is 0.111. The lowest BCUT2D eigenvalue weighted by atomic mass is 10.1. The maximum Gasteiger partial charge on any atom is 0.472 e. The summed E-state index contributed by atoms with van der Waals surface area (Å²) in [5.41, 5.74) is 0. The van der Waals surface area contributed by atoms with Crippen LogP contribution in [-0.4, -0.2) is 95.9 Å². The SMILES string of the molecule is CC/C=C\C/C=C\C/C=C\C/C=C\C/C=C\CCCCCCCC(=O)OCC(O)COP(=O)(O)OCC(O)COP(=O)(O)OCC(COC(=O)CCCCCCCCCCCCC)OC(=O)CCCCCCCCCCCCC. The van der Waals surface area contributed by atoms with Gasteiger partial charge in [-0.1, -0.05) is 229 Å². The zero-order valence-electron chi connectivity index (χ0n) is 49.3. The molecular weight excluding hydrogens is 1050 g/mol. The van der Waals surface area contributed by atoms with Crippen molar-refractivity contribution in [2.24, 2.45) is 0 Å². The van der Waals surface area contributed by atoms with Crippen molar-refractivity contribution >= 4 is 33.6 Å². The van der Waals surface area contributed by atoms with Gasteiger partial charge in [-0.05, 0) is 64.2 Å². The number of phosphoric ester groups is 2. The summed E-state index contributed by atoms with van der Waals surface area (Å²) in [7, 11) is -9.75. The van der Waals surface area contributed by atoms with Gasteiger partial charge < -0.3 is 34.2 Å². The summed E-state index contributed by atoms with van der Waals surface area (Å²) in [5, 5.41) is 20.4. The van der Waals surface area contributed by atoms with Crippen molar-refractivity contribution < 1.29 is 75.8 Å². The molecule has 0 amide bonds. The Balaban J connectivity index is 4.54. The van der Waals surface area contributed by atoms with Gasteiger partial charge in [-0.2, -0.15) is 0 Å². The van der Waals surface area contributed by atoms with E-state index in [2.05, 4.69) is 81.5 Å².